The van der Waals surface area contributed by atoms with E-state index in [0.717, 1.165) is 38.9 Å². The number of likely N-dealkylation sites (N-methyl/N-ethyl adjacent to an activating group) is 1. The highest BCUT2D eigenvalue weighted by atomic mass is 16.5. The van der Waals surface area contributed by atoms with Gasteiger partial charge in [-0.1, -0.05) is 12.1 Å². The molecule has 6 nitrogen and oxygen atoms in total. The van der Waals surface area contributed by atoms with E-state index in [1.54, 1.807) is 12.4 Å². The van der Waals surface area contributed by atoms with Gasteiger partial charge in [0.25, 0.3) is 0 Å². The van der Waals surface area contributed by atoms with E-state index in [9.17, 15) is 0 Å². The minimum Gasteiger partial charge on any atom is -0.492 e. The highest BCUT2D eigenvalue weighted by Gasteiger charge is 2.13. The molecule has 3 aromatic heterocycles. The van der Waals surface area contributed by atoms with Crippen molar-refractivity contribution in [3.05, 3.63) is 79.3 Å². The summed E-state index contributed by atoms with van der Waals surface area (Å²) in [6.45, 7) is 1.24. The Labute approximate surface area is 174 Å². The number of aromatic amines is 1. The molecule has 3 heterocycles. The van der Waals surface area contributed by atoms with E-state index in [-0.39, 0.29) is 0 Å². The van der Waals surface area contributed by atoms with Gasteiger partial charge in [-0.25, -0.2) is 9.97 Å². The lowest BCUT2D eigenvalue weighted by Gasteiger charge is -2.21. The predicted molar refractivity (Wildman–Crippen MR) is 120 cm³/mol. The van der Waals surface area contributed by atoms with Crippen LogP contribution in [0.1, 0.15) is 0 Å². The number of para-hydroxylation sites is 1. The number of fused-ring (bicyclic) bond motifs is 2. The van der Waals surface area contributed by atoms with Crippen molar-refractivity contribution in [3.8, 4) is 17.1 Å². The van der Waals surface area contributed by atoms with E-state index >= 15 is 0 Å². The molecule has 2 aromatic carbocycles. The average molecular weight is 395 g/mol. The number of H-pyrrole nitrogens is 1. The SMILES string of the molecule is CN(CCOc1ccc2[nH]ccc2c1)c1nc(-c2cccnc2)nc2ccccc12. The molecule has 5 aromatic rings. The fraction of sp³-hybridized carbons (Fsp3) is 0.125. The standard InChI is InChI=1S/C24H21N5O/c1-29(13-14-30-19-8-9-21-17(15-19)10-12-26-21)24-20-6-2-3-7-22(20)27-23(28-24)18-5-4-11-25-16-18/h2-12,15-16,26H,13-14H2,1H3. The number of hydrogen-bond donors (Lipinski definition) is 1. The first-order valence-electron chi connectivity index (χ1n) is 9.86. The molecule has 0 unspecified atom stereocenters. The summed E-state index contributed by atoms with van der Waals surface area (Å²) >= 11 is 0. The Balaban J connectivity index is 1.38. The van der Waals surface area contributed by atoms with Gasteiger partial charge >= 0.3 is 0 Å². The normalized spacial score (nSPS) is 11.1. The lowest BCUT2D eigenvalue weighted by atomic mass is 10.2. The summed E-state index contributed by atoms with van der Waals surface area (Å²) in [6, 6.07) is 20.0. The number of nitrogens with zero attached hydrogens (tertiary/aromatic N) is 4. The first-order chi connectivity index (χ1) is 14.8. The van der Waals surface area contributed by atoms with Crippen LogP contribution >= 0.6 is 0 Å². The Bertz CT molecular complexity index is 1300. The van der Waals surface area contributed by atoms with E-state index in [2.05, 4.69) is 20.9 Å². The maximum atomic E-state index is 5.99. The van der Waals surface area contributed by atoms with Crippen LogP contribution in [0.5, 0.6) is 5.75 Å². The van der Waals surface area contributed by atoms with Gasteiger partial charge in [-0.2, -0.15) is 0 Å². The van der Waals surface area contributed by atoms with Crippen molar-refractivity contribution in [1.29, 1.82) is 0 Å². The number of aromatic nitrogens is 4. The smallest absolute Gasteiger partial charge is 0.163 e. The van der Waals surface area contributed by atoms with Gasteiger partial charge in [0, 0.05) is 47.5 Å². The zero-order valence-electron chi connectivity index (χ0n) is 16.6. The van der Waals surface area contributed by atoms with Crippen molar-refractivity contribution >= 4 is 27.6 Å². The molecule has 0 spiro atoms. The van der Waals surface area contributed by atoms with E-state index in [1.165, 1.54) is 0 Å². The second kappa shape index (κ2) is 7.83. The van der Waals surface area contributed by atoms with Gasteiger partial charge in [0.15, 0.2) is 5.82 Å². The number of rotatable bonds is 6. The Kier molecular flexibility index (Phi) is 4.73. The molecule has 0 fully saturated rings. The van der Waals surface area contributed by atoms with E-state index in [4.69, 9.17) is 14.7 Å². The molecule has 30 heavy (non-hydrogen) atoms. The number of pyridine rings is 1. The lowest BCUT2D eigenvalue weighted by molar-refractivity contribution is 0.326. The van der Waals surface area contributed by atoms with E-state index < -0.39 is 0 Å². The molecule has 0 amide bonds. The van der Waals surface area contributed by atoms with Crippen LogP contribution in [0.15, 0.2) is 79.3 Å². The van der Waals surface area contributed by atoms with Crippen LogP contribution < -0.4 is 9.64 Å². The summed E-state index contributed by atoms with van der Waals surface area (Å²) in [7, 11) is 2.03. The van der Waals surface area contributed by atoms with Gasteiger partial charge < -0.3 is 14.6 Å². The Morgan fingerprint density at radius 2 is 1.93 bits per heavy atom. The quantitative estimate of drug-likeness (QED) is 0.452. The fourth-order valence-electron chi connectivity index (χ4n) is 3.50. The summed E-state index contributed by atoms with van der Waals surface area (Å²) < 4.78 is 5.99. The second-order valence-electron chi connectivity index (χ2n) is 7.13. The fourth-order valence-corrected chi connectivity index (χ4v) is 3.50. The van der Waals surface area contributed by atoms with Crippen molar-refractivity contribution in [2.75, 3.05) is 25.1 Å². The molecule has 6 heteroatoms. The second-order valence-corrected chi connectivity index (χ2v) is 7.13. The molecule has 0 aliphatic rings. The first kappa shape index (κ1) is 18.1. The Hall–Kier alpha value is -3.93. The third-order valence-corrected chi connectivity index (χ3v) is 5.08. The van der Waals surface area contributed by atoms with Crippen LogP contribution in [-0.2, 0) is 0 Å². The number of ether oxygens (including phenoxy) is 1. The Morgan fingerprint density at radius 3 is 2.83 bits per heavy atom. The third-order valence-electron chi connectivity index (χ3n) is 5.08. The number of benzene rings is 2. The van der Waals surface area contributed by atoms with Gasteiger partial charge in [-0.3, -0.25) is 4.98 Å². The van der Waals surface area contributed by atoms with Crippen LogP contribution in [0.2, 0.25) is 0 Å². The van der Waals surface area contributed by atoms with Gasteiger partial charge in [0.2, 0.25) is 0 Å². The summed E-state index contributed by atoms with van der Waals surface area (Å²) in [5.41, 5.74) is 2.91. The maximum absolute atomic E-state index is 5.99. The van der Waals surface area contributed by atoms with Crippen LogP contribution in [0.25, 0.3) is 33.2 Å². The topological polar surface area (TPSA) is 66.9 Å². The van der Waals surface area contributed by atoms with Gasteiger partial charge in [-0.05, 0) is 48.5 Å². The predicted octanol–water partition coefficient (Wildman–Crippen LogP) is 4.69. The maximum Gasteiger partial charge on any atom is 0.163 e. The van der Waals surface area contributed by atoms with Crippen LogP contribution in [0, 0.1) is 0 Å². The zero-order valence-corrected chi connectivity index (χ0v) is 16.6. The number of hydrogen-bond acceptors (Lipinski definition) is 5. The van der Waals surface area contributed by atoms with Crippen molar-refractivity contribution in [1.82, 2.24) is 19.9 Å². The first-order valence-corrected chi connectivity index (χ1v) is 9.86. The molecule has 0 saturated heterocycles. The van der Waals surface area contributed by atoms with Crippen LogP contribution in [0.3, 0.4) is 0 Å². The van der Waals surface area contributed by atoms with Gasteiger partial charge in [-0.15, -0.1) is 0 Å². The number of nitrogens with one attached hydrogen (secondary N) is 1. The summed E-state index contributed by atoms with van der Waals surface area (Å²) in [6.07, 6.45) is 5.47. The van der Waals surface area contributed by atoms with Crippen molar-refractivity contribution < 1.29 is 4.74 Å². The lowest BCUT2D eigenvalue weighted by Crippen LogP contribution is -2.25. The highest BCUT2D eigenvalue weighted by Crippen LogP contribution is 2.26. The zero-order chi connectivity index (χ0) is 20.3. The molecular formula is C24H21N5O. The molecule has 0 saturated carbocycles. The van der Waals surface area contributed by atoms with Crippen LogP contribution in [0.4, 0.5) is 5.82 Å². The van der Waals surface area contributed by atoms with Crippen molar-refractivity contribution in [3.63, 3.8) is 0 Å². The van der Waals surface area contributed by atoms with Gasteiger partial charge in [0.1, 0.15) is 18.2 Å². The molecule has 5 rings (SSSR count). The summed E-state index contributed by atoms with van der Waals surface area (Å²) in [5, 5.41) is 2.16. The molecular weight excluding hydrogens is 374 g/mol. The Morgan fingerprint density at radius 1 is 1.00 bits per heavy atom. The summed E-state index contributed by atoms with van der Waals surface area (Å²) in [5.74, 6) is 2.41. The molecule has 1 N–H and O–H groups in total. The van der Waals surface area contributed by atoms with Gasteiger partial charge in [0.05, 0.1) is 12.1 Å². The van der Waals surface area contributed by atoms with E-state index in [1.807, 2.05) is 67.8 Å². The molecule has 0 radical (unpaired) electrons. The summed E-state index contributed by atoms with van der Waals surface area (Å²) in [4.78, 5) is 19.1. The number of anilines is 1. The molecule has 0 aliphatic heterocycles. The van der Waals surface area contributed by atoms with Crippen LogP contribution in [-0.4, -0.2) is 40.1 Å². The molecule has 148 valence electrons. The van der Waals surface area contributed by atoms with E-state index in [0.29, 0.717) is 19.0 Å². The molecule has 0 atom stereocenters. The van der Waals surface area contributed by atoms with Crippen molar-refractivity contribution in [2.24, 2.45) is 0 Å². The van der Waals surface area contributed by atoms with Crippen molar-refractivity contribution in [2.45, 2.75) is 0 Å². The largest absolute Gasteiger partial charge is 0.492 e. The molecule has 0 aliphatic carbocycles. The third kappa shape index (κ3) is 3.55. The monoisotopic (exact) mass is 395 g/mol. The minimum atomic E-state index is 0.549. The average Bonchev–Trinajstić information content (AvgIpc) is 3.27. The molecule has 0 bridgehead atoms. The highest BCUT2D eigenvalue weighted by molar-refractivity contribution is 5.91. The minimum absolute atomic E-state index is 0.549.